The first-order valence-electron chi connectivity index (χ1n) is 28.5. The van der Waals surface area contributed by atoms with Gasteiger partial charge in [-0.2, -0.15) is 0 Å². The summed E-state index contributed by atoms with van der Waals surface area (Å²) < 4.78 is 17.5. The lowest BCUT2D eigenvalue weighted by Gasteiger charge is -2.18. The first-order chi connectivity index (χ1) is 31.6. The molecule has 0 rings (SSSR count). The van der Waals surface area contributed by atoms with Gasteiger partial charge in [0, 0.05) is 19.4 Å². The van der Waals surface area contributed by atoms with E-state index in [2.05, 4.69) is 57.2 Å². The van der Waals surface area contributed by atoms with Gasteiger partial charge in [-0.15, -0.1) is 0 Å². The fraction of sp³-hybridized carbons (Fsp3) is 0.864. The molecule has 0 aliphatic rings. The molecule has 0 aromatic heterocycles. The van der Waals surface area contributed by atoms with Crippen molar-refractivity contribution in [1.29, 1.82) is 0 Å². The van der Waals surface area contributed by atoms with Crippen molar-refractivity contribution >= 4 is 11.9 Å². The molecule has 0 radical (unpaired) electrons. The molecule has 0 amide bonds. The van der Waals surface area contributed by atoms with E-state index in [1.807, 2.05) is 0 Å². The first-order valence-corrected chi connectivity index (χ1v) is 28.5. The second-order valence-electron chi connectivity index (χ2n) is 19.2. The maximum absolute atomic E-state index is 12.8. The minimum Gasteiger partial charge on any atom is -0.462 e. The van der Waals surface area contributed by atoms with E-state index in [0.717, 1.165) is 44.9 Å². The van der Waals surface area contributed by atoms with Crippen LogP contribution in [0, 0.1) is 0 Å². The van der Waals surface area contributed by atoms with Crippen molar-refractivity contribution in [3.05, 3.63) is 36.5 Å². The lowest BCUT2D eigenvalue weighted by molar-refractivity contribution is -0.163. The summed E-state index contributed by atoms with van der Waals surface area (Å²) in [6.45, 7) is 7.84. The molecule has 5 nitrogen and oxygen atoms in total. The Labute approximate surface area is 400 Å². The Balaban J connectivity index is 4.18. The maximum Gasteiger partial charge on any atom is 0.306 e. The SMILES string of the molecule is CCCCC/C=C\C/C=C\CCCCCCCCCCCC(=O)OCC(COCCCCCCCCCC/C=C\CCCCCCCC)OC(=O)CCCCCCCCCCCCC. The zero-order valence-corrected chi connectivity index (χ0v) is 43.3. The van der Waals surface area contributed by atoms with Gasteiger partial charge in [-0.05, 0) is 77.0 Å². The van der Waals surface area contributed by atoms with E-state index in [1.54, 1.807) is 0 Å². The number of hydrogen-bond donors (Lipinski definition) is 0. The van der Waals surface area contributed by atoms with Gasteiger partial charge in [-0.1, -0.05) is 250 Å². The van der Waals surface area contributed by atoms with Crippen molar-refractivity contribution in [2.45, 2.75) is 309 Å². The number of rotatable bonds is 53. The van der Waals surface area contributed by atoms with E-state index >= 15 is 0 Å². The highest BCUT2D eigenvalue weighted by atomic mass is 16.6. The maximum atomic E-state index is 12.8. The van der Waals surface area contributed by atoms with Gasteiger partial charge in [-0.25, -0.2) is 0 Å². The van der Waals surface area contributed by atoms with Crippen LogP contribution in [0.15, 0.2) is 36.5 Å². The standard InChI is InChI=1S/C59H110O5/c1-4-7-10-13-16-19-22-24-26-28-30-31-33-35-38-40-43-46-49-52-58(60)63-56-57(64-59(61)53-50-47-44-41-37-21-18-15-12-9-6-3)55-62-54-51-48-45-42-39-36-34-32-29-27-25-23-20-17-14-11-8-5-2/h16,19,24-27,57H,4-15,17-18,20-23,28-56H2,1-3H3/b19-16-,26-24-,27-25-. The van der Waals surface area contributed by atoms with Crippen LogP contribution in [0.2, 0.25) is 0 Å². The third kappa shape index (κ3) is 52.7. The van der Waals surface area contributed by atoms with Gasteiger partial charge >= 0.3 is 11.9 Å². The van der Waals surface area contributed by atoms with E-state index in [4.69, 9.17) is 14.2 Å². The van der Waals surface area contributed by atoms with Gasteiger partial charge in [0.25, 0.3) is 0 Å². The number of unbranched alkanes of at least 4 members (excludes halogenated alkanes) is 36. The van der Waals surface area contributed by atoms with Gasteiger partial charge in [0.2, 0.25) is 0 Å². The Hall–Kier alpha value is -1.88. The molecule has 1 unspecified atom stereocenters. The predicted molar refractivity (Wildman–Crippen MR) is 279 cm³/mol. The highest BCUT2D eigenvalue weighted by molar-refractivity contribution is 5.70. The van der Waals surface area contributed by atoms with Crippen molar-refractivity contribution < 1.29 is 23.8 Å². The third-order valence-corrected chi connectivity index (χ3v) is 12.6. The molecule has 0 aromatic rings. The van der Waals surface area contributed by atoms with Crippen LogP contribution in [0.1, 0.15) is 303 Å². The molecule has 64 heavy (non-hydrogen) atoms. The molecule has 0 heterocycles. The second-order valence-corrected chi connectivity index (χ2v) is 19.2. The lowest BCUT2D eigenvalue weighted by Crippen LogP contribution is -2.30. The molecule has 0 fully saturated rings. The van der Waals surface area contributed by atoms with Crippen LogP contribution < -0.4 is 0 Å². The van der Waals surface area contributed by atoms with Crippen molar-refractivity contribution in [1.82, 2.24) is 0 Å². The zero-order valence-electron chi connectivity index (χ0n) is 43.3. The van der Waals surface area contributed by atoms with E-state index in [-0.39, 0.29) is 25.2 Å². The fourth-order valence-electron chi connectivity index (χ4n) is 8.36. The number of carbonyl (C=O) groups is 2. The summed E-state index contributed by atoms with van der Waals surface area (Å²) in [6, 6.07) is 0. The van der Waals surface area contributed by atoms with Crippen molar-refractivity contribution in [3.63, 3.8) is 0 Å². The molecule has 1 atom stereocenters. The molecule has 376 valence electrons. The lowest BCUT2D eigenvalue weighted by atomic mass is 10.1. The minimum atomic E-state index is -0.534. The minimum absolute atomic E-state index is 0.0870. The first kappa shape index (κ1) is 62.1. The van der Waals surface area contributed by atoms with Gasteiger partial charge in [0.05, 0.1) is 6.61 Å². The van der Waals surface area contributed by atoms with Crippen LogP contribution in [0.25, 0.3) is 0 Å². The summed E-state index contributed by atoms with van der Waals surface area (Å²) in [7, 11) is 0. The average molecular weight is 900 g/mol. The monoisotopic (exact) mass is 899 g/mol. The Morgan fingerprint density at radius 2 is 0.656 bits per heavy atom. The van der Waals surface area contributed by atoms with E-state index < -0.39 is 6.10 Å². The normalized spacial score (nSPS) is 12.4. The molecular weight excluding hydrogens is 789 g/mol. The van der Waals surface area contributed by atoms with Crippen molar-refractivity contribution in [3.8, 4) is 0 Å². The number of allylic oxidation sites excluding steroid dienone is 6. The van der Waals surface area contributed by atoms with Crippen LogP contribution in [0.3, 0.4) is 0 Å². The van der Waals surface area contributed by atoms with Gasteiger partial charge in [-0.3, -0.25) is 9.59 Å². The molecule has 0 saturated heterocycles. The smallest absolute Gasteiger partial charge is 0.306 e. The summed E-state index contributed by atoms with van der Waals surface area (Å²) in [5.41, 5.74) is 0. The molecule has 0 aliphatic carbocycles. The summed E-state index contributed by atoms with van der Waals surface area (Å²) in [5, 5.41) is 0. The molecule has 0 N–H and O–H groups in total. The van der Waals surface area contributed by atoms with Crippen LogP contribution in [0.5, 0.6) is 0 Å². The van der Waals surface area contributed by atoms with Crippen LogP contribution in [-0.2, 0) is 23.8 Å². The molecular formula is C59H110O5. The molecule has 0 saturated carbocycles. The van der Waals surface area contributed by atoms with Crippen molar-refractivity contribution in [2.24, 2.45) is 0 Å². The third-order valence-electron chi connectivity index (χ3n) is 12.6. The largest absolute Gasteiger partial charge is 0.462 e. The highest BCUT2D eigenvalue weighted by Crippen LogP contribution is 2.16. The second kappa shape index (κ2) is 55.4. The summed E-state index contributed by atoms with van der Waals surface area (Å²) in [6.07, 6.45) is 67.3. The zero-order chi connectivity index (χ0) is 46.3. The molecule has 0 aliphatic heterocycles. The summed E-state index contributed by atoms with van der Waals surface area (Å²) >= 11 is 0. The van der Waals surface area contributed by atoms with Crippen LogP contribution in [-0.4, -0.2) is 37.9 Å². The van der Waals surface area contributed by atoms with Gasteiger partial charge in [0.1, 0.15) is 6.61 Å². The predicted octanol–water partition coefficient (Wildman–Crippen LogP) is 19.4. The number of carbonyl (C=O) groups excluding carboxylic acids is 2. The van der Waals surface area contributed by atoms with E-state index in [1.165, 1.54) is 225 Å². The number of hydrogen-bond acceptors (Lipinski definition) is 5. The summed E-state index contributed by atoms with van der Waals surface area (Å²) in [4.78, 5) is 25.4. The van der Waals surface area contributed by atoms with Gasteiger partial charge in [0.15, 0.2) is 6.10 Å². The Morgan fingerprint density at radius 1 is 0.344 bits per heavy atom. The quantitative estimate of drug-likeness (QED) is 0.0346. The Kier molecular flexibility index (Phi) is 53.8. The Morgan fingerprint density at radius 3 is 1.08 bits per heavy atom. The topological polar surface area (TPSA) is 61.8 Å². The van der Waals surface area contributed by atoms with Crippen molar-refractivity contribution in [2.75, 3.05) is 19.8 Å². The molecule has 0 bridgehead atoms. The summed E-state index contributed by atoms with van der Waals surface area (Å²) in [5.74, 6) is -0.388. The molecule has 0 spiro atoms. The number of esters is 2. The van der Waals surface area contributed by atoms with Gasteiger partial charge < -0.3 is 14.2 Å². The van der Waals surface area contributed by atoms with Crippen LogP contribution >= 0.6 is 0 Å². The number of ether oxygens (including phenoxy) is 3. The highest BCUT2D eigenvalue weighted by Gasteiger charge is 2.17. The van der Waals surface area contributed by atoms with E-state index in [9.17, 15) is 9.59 Å². The molecule has 0 aromatic carbocycles. The molecule has 5 heteroatoms. The van der Waals surface area contributed by atoms with E-state index in [0.29, 0.717) is 19.4 Å². The Bertz CT molecular complexity index is 1020. The fourth-order valence-corrected chi connectivity index (χ4v) is 8.36. The van der Waals surface area contributed by atoms with Crippen LogP contribution in [0.4, 0.5) is 0 Å². The average Bonchev–Trinajstić information content (AvgIpc) is 3.30.